The molecule has 2 amide bonds. The fraction of sp³-hybridized carbons (Fsp3) is 0.800. The number of amides is 2. The number of carbonyl (C=O) groups excluding carboxylic acids is 2. The average molecular weight is 268 g/mol. The van der Waals surface area contributed by atoms with E-state index in [1.807, 2.05) is 0 Å². The summed E-state index contributed by atoms with van der Waals surface area (Å²) in [5, 5.41) is 0. The van der Waals surface area contributed by atoms with E-state index in [0.717, 1.165) is 0 Å². The maximum atomic E-state index is 11.8. The summed E-state index contributed by atoms with van der Waals surface area (Å²) >= 11 is 0. The highest BCUT2D eigenvalue weighted by Crippen LogP contribution is 2.17. The molecule has 0 aliphatic carbocycles. The van der Waals surface area contributed by atoms with Crippen molar-refractivity contribution >= 4 is 11.8 Å². The lowest BCUT2D eigenvalue weighted by Gasteiger charge is -2.31. The molecule has 0 spiro atoms. The number of alkyl halides is 3. The molecule has 1 atom stereocenters. The fourth-order valence-corrected chi connectivity index (χ4v) is 1.75. The Morgan fingerprint density at radius 3 is 2.67 bits per heavy atom. The van der Waals surface area contributed by atoms with Crippen LogP contribution >= 0.6 is 0 Å². The van der Waals surface area contributed by atoms with Crippen LogP contribution in [0.15, 0.2) is 0 Å². The largest absolute Gasteiger partial charge is 0.414 e. The number of likely N-dealkylation sites (tertiary alicyclic amines) is 1. The standard InChI is InChI=1S/C10H15F3N2O3/c1-7(16)15-4-2-3-8(5-15)9(17)14-18-6-10(11,12)13/h8H,2-6H2,1H3,(H,14,17). The summed E-state index contributed by atoms with van der Waals surface area (Å²) in [5.74, 6) is -1.29. The lowest BCUT2D eigenvalue weighted by atomic mass is 9.97. The number of nitrogens with zero attached hydrogens (tertiary/aromatic N) is 1. The fourth-order valence-electron chi connectivity index (χ4n) is 1.75. The minimum Gasteiger partial charge on any atom is -0.342 e. The third-order valence-electron chi connectivity index (χ3n) is 2.65. The second-order valence-electron chi connectivity index (χ2n) is 4.17. The lowest BCUT2D eigenvalue weighted by Crippen LogP contribution is -2.45. The van der Waals surface area contributed by atoms with E-state index in [0.29, 0.717) is 19.4 Å². The number of halogens is 3. The lowest BCUT2D eigenvalue weighted by molar-refractivity contribution is -0.193. The Morgan fingerprint density at radius 1 is 1.44 bits per heavy atom. The van der Waals surface area contributed by atoms with Crippen molar-refractivity contribution in [3.63, 3.8) is 0 Å². The third-order valence-corrected chi connectivity index (χ3v) is 2.65. The second kappa shape index (κ2) is 6.03. The zero-order valence-corrected chi connectivity index (χ0v) is 9.92. The molecule has 0 radical (unpaired) electrons. The van der Waals surface area contributed by atoms with Crippen molar-refractivity contribution in [1.29, 1.82) is 0 Å². The van der Waals surface area contributed by atoms with Crippen molar-refractivity contribution in [2.24, 2.45) is 5.92 Å². The molecule has 0 aromatic heterocycles. The first-order valence-corrected chi connectivity index (χ1v) is 5.53. The minimum absolute atomic E-state index is 0.149. The highest BCUT2D eigenvalue weighted by Gasteiger charge is 2.30. The third kappa shape index (κ3) is 4.91. The molecule has 0 aromatic carbocycles. The minimum atomic E-state index is -4.48. The van der Waals surface area contributed by atoms with Crippen LogP contribution in [0.1, 0.15) is 19.8 Å². The van der Waals surface area contributed by atoms with Gasteiger partial charge in [0.2, 0.25) is 11.8 Å². The van der Waals surface area contributed by atoms with Crippen LogP contribution in [0.3, 0.4) is 0 Å². The summed E-state index contributed by atoms with van der Waals surface area (Å²) in [6.45, 7) is 0.654. The first-order valence-electron chi connectivity index (χ1n) is 5.53. The SMILES string of the molecule is CC(=O)N1CCCC(C(=O)NOCC(F)(F)F)C1. The molecule has 1 aliphatic heterocycles. The molecule has 1 N–H and O–H groups in total. The van der Waals surface area contributed by atoms with Gasteiger partial charge in [-0.15, -0.1) is 0 Å². The van der Waals surface area contributed by atoms with E-state index in [1.54, 1.807) is 5.48 Å². The van der Waals surface area contributed by atoms with Crippen LogP contribution in [-0.2, 0) is 14.4 Å². The highest BCUT2D eigenvalue weighted by atomic mass is 19.4. The van der Waals surface area contributed by atoms with Gasteiger partial charge in [0.05, 0.1) is 5.92 Å². The maximum Gasteiger partial charge on any atom is 0.414 e. The van der Waals surface area contributed by atoms with Crippen molar-refractivity contribution in [2.45, 2.75) is 25.9 Å². The molecule has 1 aliphatic rings. The molecule has 104 valence electrons. The Kier molecular flexibility index (Phi) is 4.94. The molecule has 1 fully saturated rings. The van der Waals surface area contributed by atoms with Gasteiger partial charge >= 0.3 is 6.18 Å². The van der Waals surface area contributed by atoms with Crippen LogP contribution in [0.2, 0.25) is 0 Å². The molecular weight excluding hydrogens is 253 g/mol. The Morgan fingerprint density at radius 2 is 2.11 bits per heavy atom. The summed E-state index contributed by atoms with van der Waals surface area (Å²) < 4.78 is 35.4. The number of piperidine rings is 1. The van der Waals surface area contributed by atoms with Gasteiger partial charge in [-0.1, -0.05) is 0 Å². The van der Waals surface area contributed by atoms with Crippen LogP contribution in [0.4, 0.5) is 13.2 Å². The number of carbonyl (C=O) groups is 2. The topological polar surface area (TPSA) is 58.6 Å². The maximum absolute atomic E-state index is 11.8. The predicted octanol–water partition coefficient (Wildman–Crippen LogP) is 0.855. The van der Waals surface area contributed by atoms with E-state index in [-0.39, 0.29) is 12.5 Å². The van der Waals surface area contributed by atoms with E-state index in [2.05, 4.69) is 4.84 Å². The summed E-state index contributed by atoms with van der Waals surface area (Å²) in [4.78, 5) is 28.2. The van der Waals surface area contributed by atoms with Crippen molar-refractivity contribution in [3.05, 3.63) is 0 Å². The van der Waals surface area contributed by atoms with E-state index in [4.69, 9.17) is 0 Å². The summed E-state index contributed by atoms with van der Waals surface area (Å²) in [6, 6.07) is 0. The van der Waals surface area contributed by atoms with Gasteiger partial charge in [0.1, 0.15) is 0 Å². The van der Waals surface area contributed by atoms with Gasteiger partial charge in [-0.25, -0.2) is 5.48 Å². The molecule has 0 bridgehead atoms. The number of hydrogen-bond acceptors (Lipinski definition) is 3. The number of hydrogen-bond donors (Lipinski definition) is 1. The molecule has 5 nitrogen and oxygen atoms in total. The molecule has 0 aromatic rings. The zero-order chi connectivity index (χ0) is 13.8. The Hall–Kier alpha value is -1.31. The van der Waals surface area contributed by atoms with Gasteiger partial charge in [-0.2, -0.15) is 13.2 Å². The van der Waals surface area contributed by atoms with E-state index >= 15 is 0 Å². The number of nitrogens with one attached hydrogen (secondary N) is 1. The van der Waals surface area contributed by atoms with Crippen LogP contribution in [0.25, 0.3) is 0 Å². The van der Waals surface area contributed by atoms with Crippen molar-refractivity contribution in [3.8, 4) is 0 Å². The van der Waals surface area contributed by atoms with Gasteiger partial charge in [0.15, 0.2) is 6.61 Å². The first-order chi connectivity index (χ1) is 8.29. The van der Waals surface area contributed by atoms with E-state index < -0.39 is 24.6 Å². The molecule has 1 saturated heterocycles. The Balaban J connectivity index is 2.35. The van der Waals surface area contributed by atoms with Gasteiger partial charge in [0.25, 0.3) is 0 Å². The van der Waals surface area contributed by atoms with Gasteiger partial charge < -0.3 is 4.90 Å². The molecule has 1 rings (SSSR count). The van der Waals surface area contributed by atoms with Crippen LogP contribution < -0.4 is 5.48 Å². The van der Waals surface area contributed by atoms with Crippen LogP contribution in [-0.4, -0.2) is 42.6 Å². The van der Waals surface area contributed by atoms with Crippen molar-refractivity contribution in [1.82, 2.24) is 10.4 Å². The van der Waals surface area contributed by atoms with Crippen LogP contribution in [0.5, 0.6) is 0 Å². The van der Waals surface area contributed by atoms with Gasteiger partial charge in [-0.05, 0) is 12.8 Å². The van der Waals surface area contributed by atoms with E-state index in [1.165, 1.54) is 11.8 Å². The smallest absolute Gasteiger partial charge is 0.342 e. The van der Waals surface area contributed by atoms with Crippen molar-refractivity contribution < 1.29 is 27.6 Å². The monoisotopic (exact) mass is 268 g/mol. The molecule has 18 heavy (non-hydrogen) atoms. The van der Waals surface area contributed by atoms with Gasteiger partial charge in [-0.3, -0.25) is 14.4 Å². The molecule has 0 saturated carbocycles. The average Bonchev–Trinajstić information content (AvgIpc) is 2.27. The van der Waals surface area contributed by atoms with Gasteiger partial charge in [0, 0.05) is 20.0 Å². The van der Waals surface area contributed by atoms with Crippen molar-refractivity contribution in [2.75, 3.05) is 19.7 Å². The number of rotatable bonds is 3. The summed E-state index contributed by atoms with van der Waals surface area (Å²) in [6.07, 6.45) is -3.30. The quantitative estimate of drug-likeness (QED) is 0.772. The van der Waals surface area contributed by atoms with E-state index in [9.17, 15) is 22.8 Å². The molecular formula is C10H15F3N2O3. The molecule has 1 unspecified atom stereocenters. The Bertz CT molecular complexity index is 320. The zero-order valence-electron chi connectivity index (χ0n) is 9.92. The predicted molar refractivity (Wildman–Crippen MR) is 55.1 cm³/mol. The Labute approximate surface area is 102 Å². The molecule has 8 heteroatoms. The summed E-state index contributed by atoms with van der Waals surface area (Å²) in [5.41, 5.74) is 1.77. The van der Waals surface area contributed by atoms with Crippen LogP contribution in [0, 0.1) is 5.92 Å². The second-order valence-corrected chi connectivity index (χ2v) is 4.17. The summed E-state index contributed by atoms with van der Waals surface area (Å²) in [7, 11) is 0. The first kappa shape index (κ1) is 14.7. The molecule has 1 heterocycles. The number of hydroxylamine groups is 1. The highest BCUT2D eigenvalue weighted by molar-refractivity contribution is 5.79. The normalized spacial score (nSPS) is 20.7.